The molecule has 0 heterocycles. The molecule has 1 heteroatoms. The van der Waals surface area contributed by atoms with Crippen molar-refractivity contribution in [1.82, 2.24) is 0 Å². The Morgan fingerprint density at radius 2 is 1.94 bits per heavy atom. The van der Waals surface area contributed by atoms with E-state index in [1.807, 2.05) is 0 Å². The summed E-state index contributed by atoms with van der Waals surface area (Å²) in [4.78, 5) is 0. The zero-order valence-corrected chi connectivity index (χ0v) is 11.8. The average Bonchev–Trinajstić information content (AvgIpc) is 2.72. The fourth-order valence-corrected chi connectivity index (χ4v) is 4.60. The molecule has 0 N–H and O–H groups in total. The molecule has 0 spiro atoms. The van der Waals surface area contributed by atoms with Gasteiger partial charge in [0.15, 0.2) is 0 Å². The number of hydrogen-bond donors (Lipinski definition) is 0. The fourth-order valence-electron chi connectivity index (χ4n) is 4.60. The van der Waals surface area contributed by atoms with E-state index in [1.54, 1.807) is 7.11 Å². The summed E-state index contributed by atoms with van der Waals surface area (Å²) >= 11 is 0. The van der Waals surface area contributed by atoms with Gasteiger partial charge in [0.05, 0.1) is 7.11 Å². The van der Waals surface area contributed by atoms with Crippen LogP contribution in [0.15, 0.2) is 24.3 Å². The van der Waals surface area contributed by atoms with E-state index in [0.29, 0.717) is 10.8 Å². The minimum absolute atomic E-state index is 0.609. The van der Waals surface area contributed by atoms with Gasteiger partial charge in [-0.3, -0.25) is 0 Å². The maximum absolute atomic E-state index is 5.21. The predicted octanol–water partition coefficient (Wildman–Crippen LogP) is 4.45. The van der Waals surface area contributed by atoms with Crippen LogP contribution in [0.1, 0.15) is 45.1 Å². The van der Waals surface area contributed by atoms with Crippen LogP contribution in [-0.4, -0.2) is 7.11 Å². The molecule has 1 aromatic carbocycles. The van der Waals surface area contributed by atoms with Crippen LogP contribution in [-0.2, 0) is 6.42 Å². The van der Waals surface area contributed by atoms with Gasteiger partial charge in [0.1, 0.15) is 5.75 Å². The van der Waals surface area contributed by atoms with E-state index in [-0.39, 0.29) is 0 Å². The van der Waals surface area contributed by atoms with Crippen LogP contribution >= 0.6 is 0 Å². The summed E-state index contributed by atoms with van der Waals surface area (Å²) in [5.41, 5.74) is 2.74. The SMILES string of the molecule is COc1ccc(CC[C@@]23CCCC2C3(C)C)cc1. The standard InChI is InChI=1S/C17H24O/c1-16(2)15-5-4-11-17(15,16)12-10-13-6-8-14(18-3)9-7-13/h6-9,15H,4-5,10-12H2,1-3H3/t15?,17-/m0/s1. The third-order valence-electron chi connectivity index (χ3n) is 5.87. The monoisotopic (exact) mass is 244 g/mol. The van der Waals surface area contributed by atoms with Gasteiger partial charge >= 0.3 is 0 Å². The van der Waals surface area contributed by atoms with E-state index in [4.69, 9.17) is 4.74 Å². The second kappa shape index (κ2) is 4.01. The van der Waals surface area contributed by atoms with Crippen molar-refractivity contribution in [2.45, 2.75) is 46.0 Å². The molecule has 1 unspecified atom stereocenters. The highest BCUT2D eigenvalue weighted by atomic mass is 16.5. The minimum Gasteiger partial charge on any atom is -0.497 e. The van der Waals surface area contributed by atoms with Gasteiger partial charge in [-0.25, -0.2) is 0 Å². The highest BCUT2D eigenvalue weighted by Gasteiger charge is 2.71. The van der Waals surface area contributed by atoms with Crippen molar-refractivity contribution in [2.24, 2.45) is 16.7 Å². The zero-order chi connectivity index (χ0) is 12.8. The van der Waals surface area contributed by atoms with Crippen LogP contribution in [0.25, 0.3) is 0 Å². The summed E-state index contributed by atoms with van der Waals surface area (Å²) < 4.78 is 5.21. The lowest BCUT2D eigenvalue weighted by molar-refractivity contribution is 0.334. The van der Waals surface area contributed by atoms with E-state index in [9.17, 15) is 0 Å². The fraction of sp³-hybridized carbons (Fsp3) is 0.647. The summed E-state index contributed by atoms with van der Waals surface area (Å²) in [5.74, 6) is 1.96. The lowest BCUT2D eigenvalue weighted by Gasteiger charge is -2.19. The maximum Gasteiger partial charge on any atom is 0.118 e. The van der Waals surface area contributed by atoms with Crippen molar-refractivity contribution in [3.8, 4) is 5.75 Å². The normalized spacial score (nSPS) is 32.1. The van der Waals surface area contributed by atoms with Gasteiger partial charge in [-0.2, -0.15) is 0 Å². The third kappa shape index (κ3) is 1.60. The molecule has 2 fully saturated rings. The lowest BCUT2D eigenvalue weighted by Crippen LogP contribution is -2.09. The number of hydrogen-bond acceptors (Lipinski definition) is 1. The lowest BCUT2D eigenvalue weighted by atomic mass is 9.86. The topological polar surface area (TPSA) is 9.23 Å². The molecule has 0 aromatic heterocycles. The van der Waals surface area contributed by atoms with Crippen molar-refractivity contribution >= 4 is 0 Å². The molecule has 98 valence electrons. The number of methoxy groups -OCH3 is 1. The molecule has 0 saturated heterocycles. The van der Waals surface area contributed by atoms with Gasteiger partial charge in [0.25, 0.3) is 0 Å². The smallest absolute Gasteiger partial charge is 0.118 e. The van der Waals surface area contributed by atoms with Crippen LogP contribution in [0, 0.1) is 16.7 Å². The number of rotatable bonds is 4. The Labute approximate surface area is 111 Å². The van der Waals surface area contributed by atoms with E-state index in [1.165, 1.54) is 37.7 Å². The molecule has 0 aliphatic heterocycles. The largest absolute Gasteiger partial charge is 0.497 e. The molecule has 2 atom stereocenters. The number of benzene rings is 1. The van der Waals surface area contributed by atoms with Crippen LogP contribution in [0.3, 0.4) is 0 Å². The molecule has 1 nitrogen and oxygen atoms in total. The predicted molar refractivity (Wildman–Crippen MR) is 74.9 cm³/mol. The number of ether oxygens (including phenoxy) is 1. The third-order valence-corrected chi connectivity index (χ3v) is 5.87. The molecule has 2 aliphatic rings. The van der Waals surface area contributed by atoms with Crippen LogP contribution in [0.5, 0.6) is 5.75 Å². The summed E-state index contributed by atoms with van der Waals surface area (Å²) in [6.45, 7) is 4.95. The summed E-state index contributed by atoms with van der Waals surface area (Å²) in [7, 11) is 1.73. The molecule has 2 saturated carbocycles. The highest BCUT2D eigenvalue weighted by Crippen LogP contribution is 2.78. The highest BCUT2D eigenvalue weighted by molar-refractivity contribution is 5.28. The second-order valence-electron chi connectivity index (χ2n) is 6.67. The quantitative estimate of drug-likeness (QED) is 0.760. The summed E-state index contributed by atoms with van der Waals surface area (Å²) in [6.07, 6.45) is 6.98. The summed E-state index contributed by atoms with van der Waals surface area (Å²) in [6, 6.07) is 8.60. The summed E-state index contributed by atoms with van der Waals surface area (Å²) in [5, 5.41) is 0. The average molecular weight is 244 g/mol. The first-order valence-electron chi connectivity index (χ1n) is 7.23. The molecule has 2 aliphatic carbocycles. The Bertz CT molecular complexity index is 431. The van der Waals surface area contributed by atoms with Crippen molar-refractivity contribution in [1.29, 1.82) is 0 Å². The molecule has 1 aromatic rings. The van der Waals surface area contributed by atoms with E-state index >= 15 is 0 Å². The van der Waals surface area contributed by atoms with Gasteiger partial charge < -0.3 is 4.74 Å². The van der Waals surface area contributed by atoms with Crippen molar-refractivity contribution in [2.75, 3.05) is 7.11 Å². The second-order valence-corrected chi connectivity index (χ2v) is 6.67. The van der Waals surface area contributed by atoms with E-state index < -0.39 is 0 Å². The van der Waals surface area contributed by atoms with Crippen LogP contribution in [0.2, 0.25) is 0 Å². The molecular formula is C17H24O. The van der Waals surface area contributed by atoms with Gasteiger partial charge in [-0.1, -0.05) is 32.4 Å². The van der Waals surface area contributed by atoms with E-state index in [2.05, 4.69) is 38.1 Å². The Morgan fingerprint density at radius 3 is 2.50 bits per heavy atom. The minimum atomic E-state index is 0.609. The van der Waals surface area contributed by atoms with Gasteiger partial charge in [-0.15, -0.1) is 0 Å². The molecule has 0 bridgehead atoms. The van der Waals surface area contributed by atoms with Crippen LogP contribution < -0.4 is 4.74 Å². The van der Waals surface area contributed by atoms with Crippen molar-refractivity contribution in [3.63, 3.8) is 0 Å². The maximum atomic E-state index is 5.21. The number of aryl methyl sites for hydroxylation is 1. The van der Waals surface area contributed by atoms with E-state index in [0.717, 1.165) is 11.7 Å². The molecular weight excluding hydrogens is 220 g/mol. The first-order chi connectivity index (χ1) is 8.60. The van der Waals surface area contributed by atoms with Crippen molar-refractivity contribution in [3.05, 3.63) is 29.8 Å². The van der Waals surface area contributed by atoms with Gasteiger partial charge in [0, 0.05) is 0 Å². The van der Waals surface area contributed by atoms with Gasteiger partial charge in [-0.05, 0) is 60.1 Å². The zero-order valence-electron chi connectivity index (χ0n) is 11.8. The Balaban J connectivity index is 1.64. The molecule has 18 heavy (non-hydrogen) atoms. The van der Waals surface area contributed by atoms with Crippen molar-refractivity contribution < 1.29 is 4.74 Å². The van der Waals surface area contributed by atoms with Gasteiger partial charge in [0.2, 0.25) is 0 Å². The van der Waals surface area contributed by atoms with Crippen LogP contribution in [0.4, 0.5) is 0 Å². The molecule has 0 amide bonds. The number of fused-ring (bicyclic) bond motifs is 1. The first kappa shape index (κ1) is 12.1. The first-order valence-corrected chi connectivity index (χ1v) is 7.23. The Kier molecular flexibility index (Phi) is 2.69. The molecule has 0 radical (unpaired) electrons. The Hall–Kier alpha value is -0.980. The molecule has 3 rings (SSSR count). The Morgan fingerprint density at radius 1 is 1.22 bits per heavy atom.